The van der Waals surface area contributed by atoms with Crippen LogP contribution in [0.5, 0.6) is 0 Å². The zero-order chi connectivity index (χ0) is 11.3. The summed E-state index contributed by atoms with van der Waals surface area (Å²) >= 11 is 3.32. The van der Waals surface area contributed by atoms with Gasteiger partial charge in [0.05, 0.1) is 5.39 Å². The second kappa shape index (κ2) is 3.13. The van der Waals surface area contributed by atoms with Crippen LogP contribution in [0, 0.1) is 0 Å². The lowest BCUT2D eigenvalue weighted by Gasteiger charge is -2.07. The van der Waals surface area contributed by atoms with E-state index >= 15 is 0 Å². The lowest BCUT2D eigenvalue weighted by atomic mass is 10.1. The summed E-state index contributed by atoms with van der Waals surface area (Å²) in [7, 11) is 0. The molecule has 0 radical (unpaired) electrons. The van der Waals surface area contributed by atoms with E-state index in [2.05, 4.69) is 26.1 Å². The minimum absolute atomic E-state index is 0.282. The topological polar surface area (TPSA) is 45.8 Å². The third-order valence-electron chi connectivity index (χ3n) is 2.86. The zero-order valence-corrected chi connectivity index (χ0v) is 9.84. The van der Waals surface area contributed by atoms with Crippen LogP contribution in [0.4, 0.5) is 4.39 Å². The molecule has 0 atom stereocenters. The maximum atomic E-state index is 14.0. The maximum absolute atomic E-state index is 14.0. The van der Waals surface area contributed by atoms with Gasteiger partial charge in [-0.3, -0.25) is 4.79 Å². The fraction of sp³-hybridized carbons (Fsp3) is 0.273. The van der Waals surface area contributed by atoms with Gasteiger partial charge >= 0.3 is 0 Å². The van der Waals surface area contributed by atoms with E-state index in [1.54, 1.807) is 18.2 Å². The first-order valence-corrected chi connectivity index (χ1v) is 5.77. The van der Waals surface area contributed by atoms with Crippen LogP contribution in [0.2, 0.25) is 0 Å². The molecular weight excluding hydrogens is 275 g/mol. The van der Waals surface area contributed by atoms with E-state index in [1.807, 2.05) is 0 Å². The summed E-state index contributed by atoms with van der Waals surface area (Å²) < 4.78 is 14.8. The minimum atomic E-state index is -1.34. The molecule has 1 aliphatic rings. The number of H-pyrrole nitrogens is 1. The van der Waals surface area contributed by atoms with Crippen LogP contribution in [0.3, 0.4) is 0 Å². The number of benzene rings is 1. The molecule has 1 heterocycles. The Morgan fingerprint density at radius 2 is 2.12 bits per heavy atom. The van der Waals surface area contributed by atoms with E-state index in [9.17, 15) is 9.18 Å². The quantitative estimate of drug-likeness (QED) is 0.874. The predicted octanol–water partition coefficient (Wildman–Crippen LogP) is 2.64. The van der Waals surface area contributed by atoms with Crippen molar-refractivity contribution in [1.82, 2.24) is 10.2 Å². The highest BCUT2D eigenvalue weighted by Crippen LogP contribution is 2.50. The molecule has 0 unspecified atom stereocenters. The first kappa shape index (κ1) is 9.96. The molecule has 2 aromatic rings. The first-order valence-electron chi connectivity index (χ1n) is 4.97. The Morgan fingerprint density at radius 3 is 2.81 bits per heavy atom. The molecule has 3 rings (SSSR count). The van der Waals surface area contributed by atoms with Gasteiger partial charge < -0.3 is 0 Å². The van der Waals surface area contributed by atoms with E-state index < -0.39 is 5.67 Å². The molecule has 0 saturated heterocycles. The molecular formula is C11H8BrFN2O. The van der Waals surface area contributed by atoms with Crippen molar-refractivity contribution >= 4 is 26.7 Å². The largest absolute Gasteiger partial charge is 0.272 e. The summed E-state index contributed by atoms with van der Waals surface area (Å²) in [4.78, 5) is 11.5. The van der Waals surface area contributed by atoms with Crippen LogP contribution in [0.1, 0.15) is 18.5 Å². The molecule has 0 aliphatic heterocycles. The summed E-state index contributed by atoms with van der Waals surface area (Å²) in [5.74, 6) is 0. The van der Waals surface area contributed by atoms with Gasteiger partial charge in [0.1, 0.15) is 5.69 Å². The van der Waals surface area contributed by atoms with Gasteiger partial charge in [0.2, 0.25) is 0 Å². The minimum Gasteiger partial charge on any atom is -0.267 e. The van der Waals surface area contributed by atoms with Crippen molar-refractivity contribution in [2.24, 2.45) is 0 Å². The SMILES string of the molecule is O=c1[nH]nc(C2(F)CC2)c2cc(Br)ccc12. The summed E-state index contributed by atoms with van der Waals surface area (Å²) in [6, 6.07) is 5.18. The number of rotatable bonds is 1. The summed E-state index contributed by atoms with van der Waals surface area (Å²) in [5, 5.41) is 7.27. The maximum Gasteiger partial charge on any atom is 0.272 e. The number of hydrogen-bond acceptors (Lipinski definition) is 2. The van der Waals surface area contributed by atoms with Crippen molar-refractivity contribution in [3.05, 3.63) is 38.7 Å². The van der Waals surface area contributed by atoms with Gasteiger partial charge in [0.25, 0.3) is 5.56 Å². The van der Waals surface area contributed by atoms with Crippen molar-refractivity contribution in [1.29, 1.82) is 0 Å². The molecule has 82 valence electrons. The molecule has 0 spiro atoms. The van der Waals surface area contributed by atoms with E-state index in [1.165, 1.54) is 0 Å². The lowest BCUT2D eigenvalue weighted by Crippen LogP contribution is -2.14. The van der Waals surface area contributed by atoms with Crippen LogP contribution in [-0.4, -0.2) is 10.2 Å². The Labute approximate surface area is 98.8 Å². The normalized spacial score (nSPS) is 17.6. The standard InChI is InChI=1S/C11H8BrFN2O/c12-6-1-2-7-8(5-6)9(11(13)3-4-11)14-15-10(7)16/h1-2,5H,3-4H2,(H,15,16). The molecule has 5 heteroatoms. The molecule has 0 amide bonds. The zero-order valence-electron chi connectivity index (χ0n) is 8.26. The Bertz CT molecular complexity index is 633. The number of aromatic amines is 1. The van der Waals surface area contributed by atoms with Crippen molar-refractivity contribution in [2.75, 3.05) is 0 Å². The average molecular weight is 283 g/mol. The molecule has 1 aromatic heterocycles. The van der Waals surface area contributed by atoms with Gasteiger partial charge in [0.15, 0.2) is 5.67 Å². The number of hydrogen-bond donors (Lipinski definition) is 1. The molecule has 16 heavy (non-hydrogen) atoms. The molecule has 1 fully saturated rings. The van der Waals surface area contributed by atoms with Gasteiger partial charge in [-0.05, 0) is 31.0 Å². The fourth-order valence-corrected chi connectivity index (χ4v) is 2.19. The molecule has 1 aliphatic carbocycles. The number of halogens is 2. The van der Waals surface area contributed by atoms with Crippen LogP contribution in [0.15, 0.2) is 27.5 Å². The third-order valence-corrected chi connectivity index (χ3v) is 3.36. The number of aromatic nitrogens is 2. The predicted molar refractivity (Wildman–Crippen MR) is 62.1 cm³/mol. The van der Waals surface area contributed by atoms with Crippen LogP contribution in [-0.2, 0) is 5.67 Å². The Kier molecular flexibility index (Phi) is 1.95. The van der Waals surface area contributed by atoms with Crippen molar-refractivity contribution in [3.63, 3.8) is 0 Å². The first-order chi connectivity index (χ1) is 7.60. The van der Waals surface area contributed by atoms with Gasteiger partial charge in [0, 0.05) is 9.86 Å². The number of alkyl halides is 1. The van der Waals surface area contributed by atoms with Crippen LogP contribution >= 0.6 is 15.9 Å². The van der Waals surface area contributed by atoms with Gasteiger partial charge in [-0.15, -0.1) is 0 Å². The van der Waals surface area contributed by atoms with Crippen LogP contribution < -0.4 is 5.56 Å². The molecule has 3 nitrogen and oxygen atoms in total. The van der Waals surface area contributed by atoms with Crippen LogP contribution in [0.25, 0.3) is 10.8 Å². The Morgan fingerprint density at radius 1 is 1.38 bits per heavy atom. The van der Waals surface area contributed by atoms with E-state index in [4.69, 9.17) is 0 Å². The van der Waals surface area contributed by atoms with Crippen molar-refractivity contribution in [2.45, 2.75) is 18.5 Å². The summed E-state index contributed by atoms with van der Waals surface area (Å²) in [6.07, 6.45) is 0.960. The average Bonchev–Trinajstić information content (AvgIpc) is 2.97. The molecule has 1 saturated carbocycles. The second-order valence-corrected chi connectivity index (χ2v) is 4.97. The van der Waals surface area contributed by atoms with Crippen molar-refractivity contribution in [3.8, 4) is 0 Å². The molecule has 1 N–H and O–H groups in total. The smallest absolute Gasteiger partial charge is 0.267 e. The highest BCUT2D eigenvalue weighted by Gasteiger charge is 2.47. The van der Waals surface area contributed by atoms with E-state index in [-0.39, 0.29) is 5.56 Å². The number of nitrogens with zero attached hydrogens (tertiary/aromatic N) is 1. The molecule has 1 aromatic carbocycles. The van der Waals surface area contributed by atoms with Crippen molar-refractivity contribution < 1.29 is 4.39 Å². The van der Waals surface area contributed by atoms with Gasteiger partial charge in [-0.2, -0.15) is 5.10 Å². The summed E-state index contributed by atoms with van der Waals surface area (Å²) in [5.41, 5.74) is -1.28. The van der Waals surface area contributed by atoms with E-state index in [0.29, 0.717) is 29.3 Å². The second-order valence-electron chi connectivity index (χ2n) is 4.06. The third kappa shape index (κ3) is 1.38. The monoisotopic (exact) mass is 282 g/mol. The Hall–Kier alpha value is -1.23. The highest BCUT2D eigenvalue weighted by molar-refractivity contribution is 9.10. The number of nitrogens with one attached hydrogen (secondary N) is 1. The molecule has 0 bridgehead atoms. The Balaban J connectivity index is 2.42. The number of fused-ring (bicyclic) bond motifs is 1. The fourth-order valence-electron chi connectivity index (χ4n) is 1.83. The lowest BCUT2D eigenvalue weighted by molar-refractivity contribution is 0.309. The van der Waals surface area contributed by atoms with Gasteiger partial charge in [-0.1, -0.05) is 15.9 Å². The summed E-state index contributed by atoms with van der Waals surface area (Å²) in [6.45, 7) is 0. The van der Waals surface area contributed by atoms with Gasteiger partial charge in [-0.25, -0.2) is 9.49 Å². The van der Waals surface area contributed by atoms with E-state index in [0.717, 1.165) is 4.47 Å². The highest BCUT2D eigenvalue weighted by atomic mass is 79.9.